The molecule has 1 fully saturated rings. The van der Waals surface area contributed by atoms with Gasteiger partial charge in [0.05, 0.1) is 6.61 Å². The smallest absolute Gasteiger partial charge is 0.328 e. The molecule has 3 atom stereocenters. The molecule has 74 valence electrons. The van der Waals surface area contributed by atoms with Crippen LogP contribution in [0.5, 0.6) is 0 Å². The summed E-state index contributed by atoms with van der Waals surface area (Å²) < 4.78 is 0. The van der Waals surface area contributed by atoms with Crippen molar-refractivity contribution < 1.29 is 19.8 Å². The topological polar surface area (TPSA) is 86.6 Å². The number of aliphatic carboxylic acids is 1. The number of hydrogen-bond acceptors (Lipinski definition) is 3. The van der Waals surface area contributed by atoms with Crippen LogP contribution in [0.25, 0.3) is 0 Å². The maximum atomic E-state index is 11.2. The first kappa shape index (κ1) is 9.98. The lowest BCUT2D eigenvalue weighted by Crippen LogP contribution is -2.44. The quantitative estimate of drug-likeness (QED) is 0.538. The van der Waals surface area contributed by atoms with Crippen molar-refractivity contribution >= 4 is 11.9 Å². The van der Waals surface area contributed by atoms with E-state index in [9.17, 15) is 9.59 Å². The molecule has 0 aromatic heterocycles. The molecule has 1 aliphatic rings. The van der Waals surface area contributed by atoms with Crippen LogP contribution in [0, 0.1) is 11.8 Å². The molecule has 0 aromatic rings. The summed E-state index contributed by atoms with van der Waals surface area (Å²) in [4.78, 5) is 21.6. The number of carboxylic acid groups (broad SMARTS) is 1. The summed E-state index contributed by atoms with van der Waals surface area (Å²) in [6.45, 7) is 1.36. The largest absolute Gasteiger partial charge is 0.480 e. The van der Waals surface area contributed by atoms with Gasteiger partial charge in [-0.05, 0) is 12.3 Å². The normalized spacial score (nSPS) is 27.8. The first-order chi connectivity index (χ1) is 6.06. The second kappa shape index (κ2) is 3.74. The van der Waals surface area contributed by atoms with Crippen LogP contribution in [-0.4, -0.2) is 34.7 Å². The summed E-state index contributed by atoms with van der Waals surface area (Å²) >= 11 is 0. The third-order valence-electron chi connectivity index (χ3n) is 2.24. The van der Waals surface area contributed by atoms with Crippen LogP contribution in [-0.2, 0) is 9.59 Å². The van der Waals surface area contributed by atoms with E-state index in [-0.39, 0.29) is 11.8 Å². The van der Waals surface area contributed by atoms with Crippen LogP contribution in [0.4, 0.5) is 0 Å². The summed E-state index contributed by atoms with van der Waals surface area (Å²) in [6.07, 6.45) is 0.809. The number of aliphatic hydroxyl groups is 1. The molecule has 1 rings (SSSR count). The van der Waals surface area contributed by atoms with Gasteiger partial charge in [0.2, 0.25) is 5.91 Å². The molecule has 5 heteroatoms. The van der Waals surface area contributed by atoms with E-state index in [1.165, 1.54) is 0 Å². The van der Waals surface area contributed by atoms with Crippen molar-refractivity contribution in [1.82, 2.24) is 5.32 Å². The molecule has 0 aromatic carbocycles. The SMILES string of the molecule is CC1CC1C(=O)NC(CO)C(=O)O. The summed E-state index contributed by atoms with van der Waals surface area (Å²) in [5.41, 5.74) is 0. The van der Waals surface area contributed by atoms with Crippen molar-refractivity contribution in [1.29, 1.82) is 0 Å². The molecule has 3 N–H and O–H groups in total. The molecule has 0 aliphatic heterocycles. The van der Waals surface area contributed by atoms with Gasteiger partial charge in [0.15, 0.2) is 0 Å². The zero-order valence-electron chi connectivity index (χ0n) is 7.36. The first-order valence-electron chi connectivity index (χ1n) is 4.20. The standard InChI is InChI=1S/C8H13NO4/c1-4-2-5(4)7(11)9-6(3-10)8(12)13/h4-6,10H,2-3H2,1H3,(H,9,11)(H,12,13). The van der Waals surface area contributed by atoms with Gasteiger partial charge >= 0.3 is 5.97 Å². The average molecular weight is 187 g/mol. The minimum absolute atomic E-state index is 0.0617. The molecule has 3 unspecified atom stereocenters. The summed E-state index contributed by atoms with van der Waals surface area (Å²) in [5, 5.41) is 19.4. The van der Waals surface area contributed by atoms with E-state index >= 15 is 0 Å². The van der Waals surface area contributed by atoms with E-state index in [1.54, 1.807) is 0 Å². The summed E-state index contributed by atoms with van der Waals surface area (Å²) in [5.74, 6) is -1.19. The van der Waals surface area contributed by atoms with Crippen LogP contribution in [0.1, 0.15) is 13.3 Å². The highest BCUT2D eigenvalue weighted by Crippen LogP contribution is 2.37. The molecule has 1 amide bonds. The molecule has 0 bridgehead atoms. The van der Waals surface area contributed by atoms with E-state index in [1.807, 2.05) is 6.92 Å². The molecular weight excluding hydrogens is 174 g/mol. The Hall–Kier alpha value is -1.10. The Kier molecular flexibility index (Phi) is 2.87. The van der Waals surface area contributed by atoms with Gasteiger partial charge in [-0.3, -0.25) is 4.79 Å². The molecule has 5 nitrogen and oxygen atoms in total. The van der Waals surface area contributed by atoms with Gasteiger partial charge < -0.3 is 15.5 Å². The average Bonchev–Trinajstić information content (AvgIpc) is 2.77. The minimum atomic E-state index is -1.20. The van der Waals surface area contributed by atoms with Crippen LogP contribution in [0.2, 0.25) is 0 Å². The van der Waals surface area contributed by atoms with Gasteiger partial charge in [0.1, 0.15) is 6.04 Å². The fourth-order valence-electron chi connectivity index (χ4n) is 1.15. The fraction of sp³-hybridized carbons (Fsp3) is 0.750. The van der Waals surface area contributed by atoms with Crippen molar-refractivity contribution in [2.45, 2.75) is 19.4 Å². The number of hydrogen-bond donors (Lipinski definition) is 3. The lowest BCUT2D eigenvalue weighted by atomic mass is 10.2. The van der Waals surface area contributed by atoms with Crippen molar-refractivity contribution in [3.8, 4) is 0 Å². The fourth-order valence-corrected chi connectivity index (χ4v) is 1.15. The Morgan fingerprint density at radius 3 is 2.46 bits per heavy atom. The van der Waals surface area contributed by atoms with Gasteiger partial charge in [-0.2, -0.15) is 0 Å². The summed E-state index contributed by atoms with van der Waals surface area (Å²) in [6, 6.07) is -1.17. The molecule has 0 heterocycles. The third-order valence-corrected chi connectivity index (χ3v) is 2.24. The molecule has 1 aliphatic carbocycles. The van der Waals surface area contributed by atoms with E-state index in [4.69, 9.17) is 10.2 Å². The van der Waals surface area contributed by atoms with Crippen molar-refractivity contribution in [3.63, 3.8) is 0 Å². The van der Waals surface area contributed by atoms with Crippen molar-refractivity contribution in [2.24, 2.45) is 11.8 Å². The summed E-state index contributed by atoms with van der Waals surface area (Å²) in [7, 11) is 0. The van der Waals surface area contributed by atoms with Crippen LogP contribution in [0.15, 0.2) is 0 Å². The highest BCUT2D eigenvalue weighted by Gasteiger charge is 2.40. The van der Waals surface area contributed by atoms with Crippen molar-refractivity contribution in [3.05, 3.63) is 0 Å². The Bertz CT molecular complexity index is 228. The number of carboxylic acids is 1. The van der Waals surface area contributed by atoms with Gasteiger partial charge in [-0.25, -0.2) is 4.79 Å². The maximum absolute atomic E-state index is 11.2. The van der Waals surface area contributed by atoms with E-state index in [0.717, 1.165) is 6.42 Å². The molecule has 1 saturated carbocycles. The number of nitrogens with one attached hydrogen (secondary N) is 1. The number of amides is 1. The van der Waals surface area contributed by atoms with Gasteiger partial charge in [-0.15, -0.1) is 0 Å². The van der Waals surface area contributed by atoms with E-state index < -0.39 is 18.6 Å². The molecule has 13 heavy (non-hydrogen) atoms. The Morgan fingerprint density at radius 1 is 1.62 bits per heavy atom. The van der Waals surface area contributed by atoms with Crippen LogP contribution >= 0.6 is 0 Å². The highest BCUT2D eigenvalue weighted by molar-refractivity contribution is 5.86. The molecular formula is C8H13NO4. The van der Waals surface area contributed by atoms with Crippen LogP contribution < -0.4 is 5.32 Å². The lowest BCUT2D eigenvalue weighted by Gasteiger charge is -2.10. The number of carbonyl (C=O) groups excluding carboxylic acids is 1. The number of carbonyl (C=O) groups is 2. The van der Waals surface area contributed by atoms with Gasteiger partial charge in [0.25, 0.3) is 0 Å². The van der Waals surface area contributed by atoms with E-state index in [0.29, 0.717) is 5.92 Å². The van der Waals surface area contributed by atoms with Crippen molar-refractivity contribution in [2.75, 3.05) is 6.61 Å². The molecule has 0 radical (unpaired) electrons. The Morgan fingerprint density at radius 2 is 2.15 bits per heavy atom. The lowest BCUT2D eigenvalue weighted by molar-refractivity contribution is -0.143. The molecule has 0 saturated heterocycles. The zero-order chi connectivity index (χ0) is 10.0. The van der Waals surface area contributed by atoms with Gasteiger partial charge in [0, 0.05) is 5.92 Å². The monoisotopic (exact) mass is 187 g/mol. The van der Waals surface area contributed by atoms with Gasteiger partial charge in [-0.1, -0.05) is 6.92 Å². The second-order valence-electron chi connectivity index (χ2n) is 3.40. The number of aliphatic hydroxyl groups excluding tert-OH is 1. The third kappa shape index (κ3) is 2.42. The predicted molar refractivity (Wildman–Crippen MR) is 43.9 cm³/mol. The van der Waals surface area contributed by atoms with E-state index in [2.05, 4.69) is 5.32 Å². The second-order valence-corrected chi connectivity index (χ2v) is 3.40. The Balaban J connectivity index is 2.38. The zero-order valence-corrected chi connectivity index (χ0v) is 7.36. The Labute approximate surface area is 75.7 Å². The predicted octanol–water partition coefficient (Wildman–Crippen LogP) is -0.796. The first-order valence-corrected chi connectivity index (χ1v) is 4.20. The maximum Gasteiger partial charge on any atom is 0.328 e. The highest BCUT2D eigenvalue weighted by atomic mass is 16.4. The molecule has 0 spiro atoms. The minimum Gasteiger partial charge on any atom is -0.480 e. The van der Waals surface area contributed by atoms with Crippen LogP contribution in [0.3, 0.4) is 0 Å². The number of rotatable bonds is 4.